The van der Waals surface area contributed by atoms with Gasteiger partial charge in [-0.15, -0.1) is 0 Å². The van der Waals surface area contributed by atoms with Crippen LogP contribution in [-0.2, 0) is 0 Å². The van der Waals surface area contributed by atoms with Crippen molar-refractivity contribution in [3.8, 4) is 11.1 Å². The van der Waals surface area contributed by atoms with Crippen LogP contribution in [0.25, 0.3) is 28.5 Å². The van der Waals surface area contributed by atoms with E-state index in [1.54, 1.807) is 6.92 Å². The Morgan fingerprint density at radius 3 is 2.21 bits per heavy atom. The van der Waals surface area contributed by atoms with E-state index in [-0.39, 0.29) is 5.78 Å². The van der Waals surface area contributed by atoms with Crippen LogP contribution in [0.15, 0.2) is 66.9 Å². The minimum absolute atomic E-state index is 0.0938. The molecule has 1 aliphatic rings. The molecule has 0 saturated heterocycles. The molecule has 0 saturated carbocycles. The van der Waals surface area contributed by atoms with Gasteiger partial charge in [-0.2, -0.15) is 0 Å². The van der Waals surface area contributed by atoms with E-state index in [4.69, 9.17) is 0 Å². The maximum absolute atomic E-state index is 11.5. The summed E-state index contributed by atoms with van der Waals surface area (Å²) in [4.78, 5) is 11.5. The smallest absolute Gasteiger partial charge is 0.159 e. The summed E-state index contributed by atoms with van der Waals surface area (Å²) in [5.74, 6) is 0.0938. The SMILES string of the molecule is CC(=O)c1ccc(/C(C)=C/c2cccc(-c3ccc(C)c(C4=CN4)c3)c2C)cc1. The molecule has 0 aliphatic carbocycles. The Hall–Kier alpha value is -3.39. The van der Waals surface area contributed by atoms with Crippen LogP contribution in [0.4, 0.5) is 0 Å². The van der Waals surface area contributed by atoms with Crippen LogP contribution >= 0.6 is 0 Å². The first-order chi connectivity index (χ1) is 13.9. The zero-order valence-electron chi connectivity index (χ0n) is 17.3. The van der Waals surface area contributed by atoms with E-state index in [1.807, 2.05) is 30.5 Å². The van der Waals surface area contributed by atoms with Crippen LogP contribution in [-0.4, -0.2) is 5.78 Å². The van der Waals surface area contributed by atoms with Crippen molar-refractivity contribution in [1.29, 1.82) is 0 Å². The topological polar surface area (TPSA) is 39.0 Å². The highest BCUT2D eigenvalue weighted by molar-refractivity contribution is 5.94. The van der Waals surface area contributed by atoms with E-state index in [0.717, 1.165) is 11.1 Å². The van der Waals surface area contributed by atoms with Crippen LogP contribution in [0.1, 0.15) is 52.0 Å². The number of hydrogen-bond donors (Lipinski definition) is 1. The molecule has 2 heteroatoms. The van der Waals surface area contributed by atoms with Crippen LogP contribution in [0, 0.1) is 13.8 Å². The molecule has 0 radical (unpaired) electrons. The zero-order chi connectivity index (χ0) is 20.5. The Kier molecular flexibility index (Phi) is 4.94. The van der Waals surface area contributed by atoms with Crippen LogP contribution < -0.4 is 5.32 Å². The molecule has 0 fully saturated rings. The fourth-order valence-electron chi connectivity index (χ4n) is 3.68. The van der Waals surface area contributed by atoms with Crippen LogP contribution in [0.2, 0.25) is 0 Å². The molecule has 1 heterocycles. The van der Waals surface area contributed by atoms with E-state index in [2.05, 4.69) is 68.6 Å². The molecule has 3 aromatic carbocycles. The Morgan fingerprint density at radius 1 is 0.862 bits per heavy atom. The number of benzene rings is 3. The minimum atomic E-state index is 0.0938. The van der Waals surface area contributed by atoms with Crippen molar-refractivity contribution in [3.63, 3.8) is 0 Å². The predicted molar refractivity (Wildman–Crippen MR) is 122 cm³/mol. The van der Waals surface area contributed by atoms with Gasteiger partial charge in [-0.3, -0.25) is 4.79 Å². The molecule has 4 rings (SSSR count). The number of nitrogens with one attached hydrogen (secondary N) is 1. The fourth-order valence-corrected chi connectivity index (χ4v) is 3.68. The van der Waals surface area contributed by atoms with E-state index in [9.17, 15) is 4.79 Å². The molecule has 0 atom stereocenters. The predicted octanol–water partition coefficient (Wildman–Crippen LogP) is 6.64. The van der Waals surface area contributed by atoms with Gasteiger partial charge in [0.25, 0.3) is 0 Å². The van der Waals surface area contributed by atoms with E-state index in [0.29, 0.717) is 0 Å². The van der Waals surface area contributed by atoms with Crippen molar-refractivity contribution in [3.05, 3.63) is 100 Å². The number of carbonyl (C=O) groups is 1. The summed E-state index contributed by atoms with van der Waals surface area (Å²) in [5, 5.41) is 3.21. The Labute approximate surface area is 172 Å². The Balaban J connectivity index is 1.69. The molecule has 0 aromatic heterocycles. The third-order valence-electron chi connectivity index (χ3n) is 5.62. The first kappa shape index (κ1) is 18.9. The second kappa shape index (κ2) is 7.56. The van der Waals surface area contributed by atoms with Crippen LogP contribution in [0.3, 0.4) is 0 Å². The van der Waals surface area contributed by atoms with Gasteiger partial charge in [0.1, 0.15) is 0 Å². The summed E-state index contributed by atoms with van der Waals surface area (Å²) in [6.07, 6.45) is 4.26. The maximum Gasteiger partial charge on any atom is 0.159 e. The molecular formula is C27H25NO. The quantitative estimate of drug-likeness (QED) is 0.399. The van der Waals surface area contributed by atoms with Gasteiger partial charge >= 0.3 is 0 Å². The van der Waals surface area contributed by atoms with Gasteiger partial charge in [-0.25, -0.2) is 0 Å². The first-order valence-electron chi connectivity index (χ1n) is 9.91. The number of ketones is 1. The minimum Gasteiger partial charge on any atom is -0.358 e. The van der Waals surface area contributed by atoms with E-state index >= 15 is 0 Å². The van der Waals surface area contributed by atoms with Gasteiger partial charge in [0.2, 0.25) is 0 Å². The highest BCUT2D eigenvalue weighted by atomic mass is 16.1. The molecule has 3 aromatic rings. The van der Waals surface area contributed by atoms with Gasteiger partial charge in [0.05, 0.1) is 5.70 Å². The number of carbonyl (C=O) groups excluding carboxylic acids is 1. The molecule has 1 aliphatic heterocycles. The van der Waals surface area contributed by atoms with Crippen molar-refractivity contribution in [2.75, 3.05) is 0 Å². The monoisotopic (exact) mass is 379 g/mol. The lowest BCUT2D eigenvalue weighted by atomic mass is 9.92. The van der Waals surface area contributed by atoms with Crippen molar-refractivity contribution in [1.82, 2.24) is 5.32 Å². The molecule has 144 valence electrons. The third kappa shape index (κ3) is 3.93. The summed E-state index contributed by atoms with van der Waals surface area (Å²) < 4.78 is 0. The average Bonchev–Trinajstić information content (AvgIpc) is 3.55. The van der Waals surface area contributed by atoms with Crippen molar-refractivity contribution < 1.29 is 4.79 Å². The third-order valence-corrected chi connectivity index (χ3v) is 5.62. The number of rotatable bonds is 5. The van der Waals surface area contributed by atoms with Gasteiger partial charge in [-0.1, -0.05) is 60.7 Å². The highest BCUT2D eigenvalue weighted by Crippen LogP contribution is 2.32. The molecular weight excluding hydrogens is 354 g/mol. The second-order valence-electron chi connectivity index (χ2n) is 7.71. The maximum atomic E-state index is 11.5. The molecule has 0 spiro atoms. The van der Waals surface area contributed by atoms with Crippen molar-refractivity contribution >= 4 is 23.1 Å². The van der Waals surface area contributed by atoms with E-state index in [1.165, 1.54) is 44.7 Å². The van der Waals surface area contributed by atoms with Crippen LogP contribution in [0.5, 0.6) is 0 Å². The van der Waals surface area contributed by atoms with Gasteiger partial charge in [-0.05, 0) is 72.7 Å². The lowest BCUT2D eigenvalue weighted by Gasteiger charge is -2.12. The molecule has 29 heavy (non-hydrogen) atoms. The summed E-state index contributed by atoms with van der Waals surface area (Å²) in [6, 6.07) is 21.0. The number of hydrogen-bond acceptors (Lipinski definition) is 2. The normalized spacial score (nSPS) is 13.0. The first-order valence-corrected chi connectivity index (χ1v) is 9.91. The summed E-state index contributed by atoms with van der Waals surface area (Å²) in [7, 11) is 0. The standard InChI is InChI=1S/C27H25NO/c1-17-8-9-24(15-26(17)27-16-28-27)25-7-5-6-23(19(25)3)14-18(2)21-10-12-22(13-11-21)20(4)29/h5-16,28H,1-4H3/b18-14+. The zero-order valence-corrected chi connectivity index (χ0v) is 17.3. The summed E-state index contributed by atoms with van der Waals surface area (Å²) in [5.41, 5.74) is 11.8. The van der Waals surface area contributed by atoms with Gasteiger partial charge in [0, 0.05) is 17.3 Å². The molecule has 2 nitrogen and oxygen atoms in total. The Morgan fingerprint density at radius 2 is 1.55 bits per heavy atom. The summed E-state index contributed by atoms with van der Waals surface area (Å²) >= 11 is 0. The van der Waals surface area contributed by atoms with Gasteiger partial charge in [0.15, 0.2) is 5.78 Å². The highest BCUT2D eigenvalue weighted by Gasteiger charge is 2.14. The van der Waals surface area contributed by atoms with E-state index < -0.39 is 0 Å². The van der Waals surface area contributed by atoms with Crippen molar-refractivity contribution in [2.45, 2.75) is 27.7 Å². The molecule has 0 amide bonds. The number of allylic oxidation sites excluding steroid dienone is 1. The average molecular weight is 380 g/mol. The van der Waals surface area contributed by atoms with Gasteiger partial charge < -0.3 is 5.32 Å². The lowest BCUT2D eigenvalue weighted by molar-refractivity contribution is 0.101. The lowest BCUT2D eigenvalue weighted by Crippen LogP contribution is -1.93. The Bertz CT molecular complexity index is 1160. The number of Topliss-reactive ketones (excluding diaryl/α,β-unsaturated/α-hetero) is 1. The largest absolute Gasteiger partial charge is 0.358 e. The fraction of sp³-hybridized carbons (Fsp3) is 0.148. The molecule has 0 unspecified atom stereocenters. The molecule has 0 bridgehead atoms. The molecule has 1 N–H and O–H groups in total. The van der Waals surface area contributed by atoms with Crippen molar-refractivity contribution in [2.24, 2.45) is 0 Å². The second-order valence-corrected chi connectivity index (χ2v) is 7.71. The summed E-state index contributed by atoms with van der Waals surface area (Å²) in [6.45, 7) is 8.04. The number of aryl methyl sites for hydroxylation is 1.